The first-order chi connectivity index (χ1) is 13.7. The average molecular weight is 402 g/mol. The molecule has 1 fully saturated rings. The molecule has 0 spiro atoms. The van der Waals surface area contributed by atoms with Crippen LogP contribution in [0, 0.1) is 5.92 Å². The first-order valence-electron chi connectivity index (χ1n) is 10.1. The number of carbonyl (C=O) groups is 1. The molecule has 28 heavy (non-hydrogen) atoms. The quantitative estimate of drug-likeness (QED) is 0.703. The van der Waals surface area contributed by atoms with Crippen molar-refractivity contribution in [3.05, 3.63) is 47.0 Å². The topological polar surface area (TPSA) is 67.8 Å². The zero-order valence-electron chi connectivity index (χ0n) is 16.1. The van der Waals surface area contributed by atoms with Gasteiger partial charge in [-0.1, -0.05) is 18.2 Å². The predicted octanol–water partition coefficient (Wildman–Crippen LogP) is 3.93. The van der Waals surface area contributed by atoms with Gasteiger partial charge in [0.25, 0.3) is 5.91 Å². The van der Waals surface area contributed by atoms with Gasteiger partial charge in [0.15, 0.2) is 5.76 Å². The fourth-order valence-corrected chi connectivity index (χ4v) is 4.87. The fourth-order valence-electron chi connectivity index (χ4n) is 3.86. The van der Waals surface area contributed by atoms with E-state index in [1.807, 2.05) is 25.1 Å². The molecule has 2 N–H and O–H groups in total. The Labute approximate surface area is 169 Å². The second-order valence-corrected chi connectivity index (χ2v) is 8.37. The number of allylic oxidation sites excluding steroid dienone is 1. The molecule has 150 valence electrons. The summed E-state index contributed by atoms with van der Waals surface area (Å²) in [4.78, 5) is 12.7. The number of fused-ring (bicyclic) bond motifs is 1. The molecular weight excluding hydrogens is 374 g/mol. The van der Waals surface area contributed by atoms with Crippen molar-refractivity contribution in [3.63, 3.8) is 0 Å². The van der Waals surface area contributed by atoms with Crippen LogP contribution in [0.1, 0.15) is 44.1 Å². The molecule has 1 aromatic carbocycles. The van der Waals surface area contributed by atoms with E-state index in [-0.39, 0.29) is 30.4 Å². The van der Waals surface area contributed by atoms with E-state index < -0.39 is 6.29 Å². The summed E-state index contributed by atoms with van der Waals surface area (Å²) in [7, 11) is 0. The van der Waals surface area contributed by atoms with Gasteiger partial charge in [-0.05, 0) is 61.1 Å². The molecule has 6 heteroatoms. The number of nitrogens with one attached hydrogen (secondary N) is 1. The molecule has 1 aliphatic heterocycles. The lowest BCUT2D eigenvalue weighted by molar-refractivity contribution is -0.166. The molecule has 2 heterocycles. The van der Waals surface area contributed by atoms with E-state index in [9.17, 15) is 9.90 Å². The number of aliphatic hydroxyl groups is 1. The normalized spacial score (nSPS) is 24.6. The van der Waals surface area contributed by atoms with E-state index in [2.05, 4.69) is 22.8 Å². The maximum absolute atomic E-state index is 12.7. The number of thiophene rings is 1. The highest BCUT2D eigenvalue weighted by Crippen LogP contribution is 2.43. The minimum atomic E-state index is -0.495. The Morgan fingerprint density at radius 2 is 2.18 bits per heavy atom. The number of carbonyl (C=O) groups excluding carboxylic acids is 1. The van der Waals surface area contributed by atoms with Crippen LogP contribution in [0.5, 0.6) is 0 Å². The third-order valence-corrected chi connectivity index (χ3v) is 6.40. The van der Waals surface area contributed by atoms with Crippen molar-refractivity contribution in [2.24, 2.45) is 5.92 Å². The van der Waals surface area contributed by atoms with Crippen molar-refractivity contribution in [2.75, 3.05) is 13.2 Å². The van der Waals surface area contributed by atoms with E-state index in [0.717, 1.165) is 19.3 Å². The molecule has 1 amide bonds. The summed E-state index contributed by atoms with van der Waals surface area (Å²) in [5.74, 6) is 0.249. The monoisotopic (exact) mass is 401 g/mol. The van der Waals surface area contributed by atoms with Gasteiger partial charge in [0.2, 0.25) is 6.29 Å². The van der Waals surface area contributed by atoms with Crippen LogP contribution >= 0.6 is 11.3 Å². The molecule has 5 nitrogen and oxygen atoms in total. The smallest absolute Gasteiger partial charge is 0.286 e. The Bertz CT molecular complexity index is 857. The van der Waals surface area contributed by atoms with Crippen LogP contribution in [0.15, 0.2) is 41.5 Å². The Kier molecular flexibility index (Phi) is 5.99. The Hall–Kier alpha value is -1.89. The number of ether oxygens (including phenoxy) is 2. The van der Waals surface area contributed by atoms with Gasteiger partial charge in [0.05, 0.1) is 0 Å². The van der Waals surface area contributed by atoms with E-state index in [1.165, 1.54) is 15.6 Å². The van der Waals surface area contributed by atoms with Crippen molar-refractivity contribution < 1.29 is 19.4 Å². The van der Waals surface area contributed by atoms with Gasteiger partial charge < -0.3 is 19.9 Å². The average Bonchev–Trinajstić information content (AvgIpc) is 3.42. The lowest BCUT2D eigenvalue weighted by Gasteiger charge is -2.37. The Morgan fingerprint density at radius 3 is 2.93 bits per heavy atom. The minimum absolute atomic E-state index is 0.00736. The van der Waals surface area contributed by atoms with Gasteiger partial charge in [-0.25, -0.2) is 0 Å². The molecule has 0 bridgehead atoms. The van der Waals surface area contributed by atoms with E-state index in [4.69, 9.17) is 9.47 Å². The molecule has 3 atom stereocenters. The van der Waals surface area contributed by atoms with Crippen molar-refractivity contribution >= 4 is 27.3 Å². The molecule has 0 unspecified atom stereocenters. The highest BCUT2D eigenvalue weighted by atomic mass is 32.1. The highest BCUT2D eigenvalue weighted by Gasteiger charge is 2.39. The molecule has 1 saturated carbocycles. The summed E-state index contributed by atoms with van der Waals surface area (Å²) >= 11 is 1.72. The third kappa shape index (κ3) is 4.09. The summed E-state index contributed by atoms with van der Waals surface area (Å²) in [6.45, 7) is 2.57. The molecule has 4 rings (SSSR count). The number of hydrogen-bond acceptors (Lipinski definition) is 5. The van der Waals surface area contributed by atoms with Gasteiger partial charge in [0, 0.05) is 35.8 Å². The maximum atomic E-state index is 12.7. The van der Waals surface area contributed by atoms with Gasteiger partial charge in [-0.3, -0.25) is 4.79 Å². The van der Waals surface area contributed by atoms with Crippen molar-refractivity contribution in [1.82, 2.24) is 5.32 Å². The summed E-state index contributed by atoms with van der Waals surface area (Å²) in [6.07, 6.45) is 4.98. The number of aliphatic hydroxyl groups excluding tert-OH is 1. The zero-order valence-corrected chi connectivity index (χ0v) is 16.9. The van der Waals surface area contributed by atoms with Crippen LogP contribution in [0.4, 0.5) is 0 Å². The second kappa shape index (κ2) is 8.64. The Morgan fingerprint density at radius 1 is 1.36 bits per heavy atom. The molecule has 1 aromatic heterocycles. The molecule has 0 saturated heterocycles. The molecule has 0 radical (unpaired) electrons. The van der Waals surface area contributed by atoms with E-state index in [0.29, 0.717) is 18.8 Å². The van der Waals surface area contributed by atoms with Crippen LogP contribution < -0.4 is 5.32 Å². The van der Waals surface area contributed by atoms with Crippen molar-refractivity contribution in [2.45, 2.75) is 50.9 Å². The summed E-state index contributed by atoms with van der Waals surface area (Å²) in [5.41, 5.74) is 1.20. The standard InChI is InChI=1S/C22H27NO4S/c1-2-26-22-16(7-5-11-24)17(12-19(27-22)21(25)23-14-9-10-14)18-13-28-20-8-4-3-6-15(18)20/h3-4,6,8,12-14,16-17,22,24H,2,5,7,9-11H2,1H3,(H,23,25)/t16-,17+,22-/m0/s1. The lowest BCUT2D eigenvalue weighted by atomic mass is 9.80. The van der Waals surface area contributed by atoms with Crippen LogP contribution in [-0.2, 0) is 14.3 Å². The van der Waals surface area contributed by atoms with Gasteiger partial charge in [0.1, 0.15) is 0 Å². The first-order valence-corrected chi connectivity index (χ1v) is 11.0. The summed E-state index contributed by atoms with van der Waals surface area (Å²) in [5, 5.41) is 15.8. The molecule has 2 aliphatic rings. The van der Waals surface area contributed by atoms with Crippen LogP contribution in [-0.4, -0.2) is 36.6 Å². The SMILES string of the molecule is CCO[C@H]1OC(C(=O)NC2CC2)=C[C@@H](c2csc3ccccc23)[C@@H]1CCCO. The van der Waals surface area contributed by atoms with Crippen LogP contribution in [0.3, 0.4) is 0 Å². The van der Waals surface area contributed by atoms with E-state index in [1.54, 1.807) is 11.3 Å². The van der Waals surface area contributed by atoms with Gasteiger partial charge in [-0.2, -0.15) is 0 Å². The van der Waals surface area contributed by atoms with Gasteiger partial charge in [-0.15, -0.1) is 11.3 Å². The molecule has 2 aromatic rings. The Balaban J connectivity index is 1.72. The van der Waals surface area contributed by atoms with Gasteiger partial charge >= 0.3 is 0 Å². The molecule has 1 aliphatic carbocycles. The minimum Gasteiger partial charge on any atom is -0.459 e. The summed E-state index contributed by atoms with van der Waals surface area (Å²) < 4.78 is 13.2. The first kappa shape index (κ1) is 19.4. The number of benzene rings is 1. The number of hydrogen-bond donors (Lipinski definition) is 2. The predicted molar refractivity (Wildman–Crippen MR) is 110 cm³/mol. The highest BCUT2D eigenvalue weighted by molar-refractivity contribution is 7.17. The summed E-state index contributed by atoms with van der Waals surface area (Å²) in [6, 6.07) is 8.62. The van der Waals surface area contributed by atoms with E-state index >= 15 is 0 Å². The zero-order chi connectivity index (χ0) is 19.5. The van der Waals surface area contributed by atoms with Crippen molar-refractivity contribution in [1.29, 1.82) is 0 Å². The number of rotatable bonds is 8. The fraction of sp³-hybridized carbons (Fsp3) is 0.500. The van der Waals surface area contributed by atoms with Crippen LogP contribution in [0.25, 0.3) is 10.1 Å². The number of amides is 1. The molecular formula is C22H27NO4S. The van der Waals surface area contributed by atoms with Crippen LogP contribution in [0.2, 0.25) is 0 Å². The lowest BCUT2D eigenvalue weighted by Crippen LogP contribution is -2.39. The largest absolute Gasteiger partial charge is 0.459 e. The van der Waals surface area contributed by atoms with Crippen molar-refractivity contribution in [3.8, 4) is 0 Å². The second-order valence-electron chi connectivity index (χ2n) is 7.46. The third-order valence-electron chi connectivity index (χ3n) is 5.42. The maximum Gasteiger partial charge on any atom is 0.286 e.